The molecule has 0 bridgehead atoms. The summed E-state index contributed by atoms with van der Waals surface area (Å²) >= 11 is 0. The molecule has 150 valence electrons. The van der Waals surface area contributed by atoms with E-state index in [1.165, 1.54) is 6.92 Å². The van der Waals surface area contributed by atoms with Crippen LogP contribution in [0.2, 0.25) is 0 Å². The number of aliphatic hydroxyl groups is 1. The van der Waals surface area contributed by atoms with Crippen LogP contribution in [0, 0.1) is 0 Å². The van der Waals surface area contributed by atoms with E-state index in [0.717, 1.165) is 11.1 Å². The van der Waals surface area contributed by atoms with E-state index in [0.29, 0.717) is 13.2 Å². The zero-order valence-corrected chi connectivity index (χ0v) is 16.1. The number of carbonyl (C=O) groups excluding carboxylic acids is 1. The summed E-state index contributed by atoms with van der Waals surface area (Å²) in [6.07, 6.45) is -3.89. The summed E-state index contributed by atoms with van der Waals surface area (Å²) in [6, 6.07) is 19.4. The number of benzene rings is 2. The van der Waals surface area contributed by atoms with Crippen LogP contribution in [-0.4, -0.2) is 41.8 Å². The van der Waals surface area contributed by atoms with Crippen LogP contribution in [0.3, 0.4) is 0 Å². The summed E-state index contributed by atoms with van der Waals surface area (Å²) in [5, 5.41) is 10.3. The molecule has 0 aromatic heterocycles. The van der Waals surface area contributed by atoms with Crippen LogP contribution >= 0.6 is 0 Å². The minimum absolute atomic E-state index is 0.300. The van der Waals surface area contributed by atoms with E-state index in [4.69, 9.17) is 18.9 Å². The lowest BCUT2D eigenvalue weighted by Gasteiger charge is -2.43. The molecular formula is C22H26O6. The Kier molecular flexibility index (Phi) is 7.17. The van der Waals surface area contributed by atoms with Gasteiger partial charge >= 0.3 is 5.97 Å². The minimum atomic E-state index is -1.28. The molecule has 0 amide bonds. The second-order valence-electron chi connectivity index (χ2n) is 6.83. The highest BCUT2D eigenvalue weighted by molar-refractivity contribution is 5.66. The van der Waals surface area contributed by atoms with Crippen LogP contribution in [0.15, 0.2) is 60.7 Å². The van der Waals surface area contributed by atoms with Gasteiger partial charge in [0.1, 0.15) is 12.2 Å². The first kappa shape index (κ1) is 20.5. The minimum Gasteiger partial charge on any atom is -0.454 e. The zero-order chi connectivity index (χ0) is 19.9. The molecule has 6 nitrogen and oxygen atoms in total. The maximum absolute atomic E-state index is 11.6. The zero-order valence-electron chi connectivity index (χ0n) is 16.1. The number of esters is 1. The number of aliphatic hydroxyl groups excluding tert-OH is 1. The summed E-state index contributed by atoms with van der Waals surface area (Å²) < 4.78 is 23.0. The fourth-order valence-corrected chi connectivity index (χ4v) is 3.26. The van der Waals surface area contributed by atoms with Gasteiger partial charge in [0.2, 0.25) is 0 Å². The van der Waals surface area contributed by atoms with Gasteiger partial charge in [-0.05, 0) is 18.1 Å². The summed E-state index contributed by atoms with van der Waals surface area (Å²) in [4.78, 5) is 11.6. The largest absolute Gasteiger partial charge is 0.454 e. The van der Waals surface area contributed by atoms with Crippen LogP contribution in [0.4, 0.5) is 0 Å². The molecule has 0 spiro atoms. The topological polar surface area (TPSA) is 74.2 Å². The molecule has 1 aliphatic heterocycles. The van der Waals surface area contributed by atoms with E-state index < -0.39 is 36.7 Å². The van der Waals surface area contributed by atoms with E-state index in [9.17, 15) is 9.90 Å². The highest BCUT2D eigenvalue weighted by Crippen LogP contribution is 2.28. The molecule has 2 aromatic carbocycles. The van der Waals surface area contributed by atoms with Gasteiger partial charge in [0, 0.05) is 6.92 Å². The molecule has 1 fully saturated rings. The molecule has 2 aromatic rings. The SMILES string of the molecule is CC(=O)O[C@@H]1[C@H](OCc2ccccc2)[C@@H](OCc2ccccc2)[C@H](C)O[C@@H]1O. The number of carbonyl (C=O) groups is 1. The van der Waals surface area contributed by atoms with Crippen LogP contribution < -0.4 is 0 Å². The lowest BCUT2D eigenvalue weighted by molar-refractivity contribution is -0.300. The number of hydrogen-bond acceptors (Lipinski definition) is 6. The van der Waals surface area contributed by atoms with Crippen molar-refractivity contribution in [3.8, 4) is 0 Å². The van der Waals surface area contributed by atoms with Gasteiger partial charge in [0.05, 0.1) is 19.3 Å². The summed E-state index contributed by atoms with van der Waals surface area (Å²) in [5.74, 6) is -0.516. The molecule has 1 N–H and O–H groups in total. The van der Waals surface area contributed by atoms with Gasteiger partial charge in [-0.3, -0.25) is 4.79 Å². The highest BCUT2D eigenvalue weighted by atomic mass is 16.7. The van der Waals surface area contributed by atoms with Crippen molar-refractivity contribution >= 4 is 5.97 Å². The Hall–Kier alpha value is -2.25. The van der Waals surface area contributed by atoms with Gasteiger partial charge in [-0.1, -0.05) is 60.7 Å². The van der Waals surface area contributed by atoms with Crippen molar-refractivity contribution in [2.75, 3.05) is 0 Å². The van der Waals surface area contributed by atoms with Crippen molar-refractivity contribution in [1.82, 2.24) is 0 Å². The first-order chi connectivity index (χ1) is 13.5. The van der Waals surface area contributed by atoms with Crippen molar-refractivity contribution in [3.63, 3.8) is 0 Å². The van der Waals surface area contributed by atoms with Crippen molar-refractivity contribution in [2.24, 2.45) is 0 Å². The maximum Gasteiger partial charge on any atom is 0.303 e. The van der Waals surface area contributed by atoms with Crippen LogP contribution in [-0.2, 0) is 37.0 Å². The van der Waals surface area contributed by atoms with Gasteiger partial charge in [0.25, 0.3) is 0 Å². The molecule has 28 heavy (non-hydrogen) atoms. The van der Waals surface area contributed by atoms with Crippen LogP contribution in [0.25, 0.3) is 0 Å². The fraction of sp³-hybridized carbons (Fsp3) is 0.409. The monoisotopic (exact) mass is 386 g/mol. The van der Waals surface area contributed by atoms with E-state index in [2.05, 4.69) is 0 Å². The molecule has 0 saturated carbocycles. The second-order valence-corrected chi connectivity index (χ2v) is 6.83. The average Bonchev–Trinajstić information content (AvgIpc) is 2.69. The summed E-state index contributed by atoms with van der Waals surface area (Å²) in [7, 11) is 0. The fourth-order valence-electron chi connectivity index (χ4n) is 3.26. The average molecular weight is 386 g/mol. The number of rotatable bonds is 7. The quantitative estimate of drug-likeness (QED) is 0.738. The summed E-state index contributed by atoms with van der Waals surface area (Å²) in [6.45, 7) is 3.75. The Morgan fingerprint density at radius 2 is 1.39 bits per heavy atom. The van der Waals surface area contributed by atoms with Gasteiger partial charge in [-0.15, -0.1) is 0 Å². The normalized spacial score (nSPS) is 27.3. The Balaban J connectivity index is 1.76. The highest BCUT2D eigenvalue weighted by Gasteiger charge is 2.47. The predicted molar refractivity (Wildman–Crippen MR) is 102 cm³/mol. The van der Waals surface area contributed by atoms with E-state index in [-0.39, 0.29) is 0 Å². The predicted octanol–water partition coefficient (Wildman–Crippen LogP) is 2.83. The third-order valence-electron chi connectivity index (χ3n) is 4.62. The molecule has 5 atom stereocenters. The Morgan fingerprint density at radius 3 is 1.89 bits per heavy atom. The molecule has 1 saturated heterocycles. The van der Waals surface area contributed by atoms with Crippen molar-refractivity contribution < 1.29 is 28.8 Å². The molecule has 0 aliphatic carbocycles. The van der Waals surface area contributed by atoms with Crippen LogP contribution in [0.1, 0.15) is 25.0 Å². The lowest BCUT2D eigenvalue weighted by Crippen LogP contribution is -2.59. The third-order valence-corrected chi connectivity index (χ3v) is 4.62. The van der Waals surface area contributed by atoms with Crippen molar-refractivity contribution in [3.05, 3.63) is 71.8 Å². The van der Waals surface area contributed by atoms with Gasteiger partial charge in [-0.2, -0.15) is 0 Å². The molecule has 0 unspecified atom stereocenters. The molecule has 1 heterocycles. The lowest BCUT2D eigenvalue weighted by atomic mass is 9.98. The Morgan fingerprint density at radius 1 is 0.893 bits per heavy atom. The van der Waals surface area contributed by atoms with E-state index >= 15 is 0 Å². The number of hydrogen-bond donors (Lipinski definition) is 1. The van der Waals surface area contributed by atoms with Gasteiger partial charge < -0.3 is 24.1 Å². The van der Waals surface area contributed by atoms with Gasteiger partial charge in [-0.25, -0.2) is 0 Å². The summed E-state index contributed by atoms with van der Waals surface area (Å²) in [5.41, 5.74) is 1.98. The Labute approximate surface area is 165 Å². The maximum atomic E-state index is 11.6. The van der Waals surface area contributed by atoms with E-state index in [1.54, 1.807) is 0 Å². The molecule has 6 heteroatoms. The molecule has 0 radical (unpaired) electrons. The standard InChI is InChI=1S/C22H26O6/c1-15-19(25-13-17-9-5-3-6-10-17)20(21(22(24)27-15)28-16(2)23)26-14-18-11-7-4-8-12-18/h3-12,15,19-22,24H,13-14H2,1-2H3/t15-,19-,20+,21+,22-/m0/s1. The molecular weight excluding hydrogens is 360 g/mol. The molecule has 1 aliphatic rings. The smallest absolute Gasteiger partial charge is 0.303 e. The van der Waals surface area contributed by atoms with Crippen molar-refractivity contribution in [1.29, 1.82) is 0 Å². The number of ether oxygens (including phenoxy) is 4. The first-order valence-electron chi connectivity index (χ1n) is 9.36. The first-order valence-corrected chi connectivity index (χ1v) is 9.36. The Bertz CT molecular complexity index is 735. The third kappa shape index (κ3) is 5.39. The van der Waals surface area contributed by atoms with E-state index in [1.807, 2.05) is 67.6 Å². The molecule has 3 rings (SSSR count). The van der Waals surface area contributed by atoms with Gasteiger partial charge in [0.15, 0.2) is 12.4 Å². The van der Waals surface area contributed by atoms with Crippen LogP contribution in [0.5, 0.6) is 0 Å². The second kappa shape index (κ2) is 9.80. The van der Waals surface area contributed by atoms with Crippen molar-refractivity contribution in [2.45, 2.75) is 57.8 Å².